The van der Waals surface area contributed by atoms with Crippen molar-refractivity contribution in [2.75, 3.05) is 5.75 Å². The number of hydrogen-bond donors (Lipinski definition) is 1. The molecule has 1 N–H and O–H groups in total. The first-order valence-corrected chi connectivity index (χ1v) is 10.8. The number of hydrogen-bond acceptors (Lipinski definition) is 6. The topological polar surface area (TPSA) is 81.1 Å². The summed E-state index contributed by atoms with van der Waals surface area (Å²) >= 11 is 2.44. The van der Waals surface area contributed by atoms with Gasteiger partial charge < -0.3 is 0 Å². The third kappa shape index (κ3) is 4.88. The minimum absolute atomic E-state index is 0.00355. The van der Waals surface area contributed by atoms with E-state index in [1.807, 2.05) is 12.1 Å². The fourth-order valence-electron chi connectivity index (χ4n) is 2.60. The van der Waals surface area contributed by atoms with Crippen molar-refractivity contribution in [1.29, 1.82) is 0 Å². The molecule has 6 nitrogen and oxygen atoms in total. The average Bonchev–Trinajstić information content (AvgIpc) is 3.20. The van der Waals surface area contributed by atoms with Crippen LogP contribution in [0, 0.1) is 5.92 Å². The van der Waals surface area contributed by atoms with Crippen LogP contribution in [0.4, 0.5) is 0 Å². The van der Waals surface area contributed by atoms with Crippen LogP contribution in [0.25, 0.3) is 10.9 Å². The van der Waals surface area contributed by atoms with Gasteiger partial charge in [-0.3, -0.25) is 24.3 Å². The van der Waals surface area contributed by atoms with E-state index in [-0.39, 0.29) is 11.3 Å². The first-order valence-electron chi connectivity index (χ1n) is 8.95. The van der Waals surface area contributed by atoms with Gasteiger partial charge in [0.1, 0.15) is 0 Å². The highest BCUT2D eigenvalue weighted by atomic mass is 32.2. The molecule has 0 atom stereocenters. The summed E-state index contributed by atoms with van der Waals surface area (Å²) in [5, 5.41) is 5.20. The molecule has 2 aromatic heterocycles. The van der Waals surface area contributed by atoms with Crippen LogP contribution >= 0.6 is 23.1 Å². The molecule has 0 fully saturated rings. The molecule has 8 heteroatoms. The molecule has 0 aliphatic heterocycles. The van der Waals surface area contributed by atoms with Crippen LogP contribution in [0.3, 0.4) is 0 Å². The van der Waals surface area contributed by atoms with Gasteiger partial charge in [0.05, 0.1) is 21.5 Å². The average molecular weight is 416 g/mol. The SMILES string of the molecule is CC(C)CCn1c(SCC(=O)NC(=O)c2cccs2)nc2ccccc2c1=O. The molecule has 0 aliphatic carbocycles. The smallest absolute Gasteiger partial charge is 0.267 e. The molecular weight excluding hydrogens is 394 g/mol. The Morgan fingerprint density at radius 2 is 2.00 bits per heavy atom. The summed E-state index contributed by atoms with van der Waals surface area (Å²) in [5.74, 6) is -0.391. The maximum atomic E-state index is 12.9. The van der Waals surface area contributed by atoms with Crippen LogP contribution in [0.5, 0.6) is 0 Å². The highest BCUT2D eigenvalue weighted by Crippen LogP contribution is 2.19. The predicted octanol–water partition coefficient (Wildman–Crippen LogP) is 3.55. The zero-order valence-corrected chi connectivity index (χ0v) is 17.3. The second kappa shape index (κ2) is 9.16. The van der Waals surface area contributed by atoms with E-state index in [0.29, 0.717) is 33.4 Å². The van der Waals surface area contributed by atoms with Crippen LogP contribution in [-0.4, -0.2) is 27.1 Å². The van der Waals surface area contributed by atoms with Crippen molar-refractivity contribution >= 4 is 45.8 Å². The number of imide groups is 1. The van der Waals surface area contributed by atoms with Crippen molar-refractivity contribution in [3.63, 3.8) is 0 Å². The molecule has 3 rings (SSSR count). The first kappa shape index (κ1) is 20.3. The molecule has 0 spiro atoms. The molecule has 0 aliphatic rings. The second-order valence-corrected chi connectivity index (χ2v) is 8.58. The molecule has 0 unspecified atom stereocenters. The highest BCUT2D eigenvalue weighted by Gasteiger charge is 2.15. The van der Waals surface area contributed by atoms with E-state index in [1.54, 1.807) is 34.2 Å². The van der Waals surface area contributed by atoms with Gasteiger partial charge in [-0.15, -0.1) is 11.3 Å². The maximum absolute atomic E-state index is 12.9. The van der Waals surface area contributed by atoms with Crippen LogP contribution in [-0.2, 0) is 11.3 Å². The van der Waals surface area contributed by atoms with Crippen molar-refractivity contribution in [1.82, 2.24) is 14.9 Å². The molecule has 2 amide bonds. The number of aromatic nitrogens is 2. The Balaban J connectivity index is 1.78. The van der Waals surface area contributed by atoms with Crippen LogP contribution in [0.1, 0.15) is 29.9 Å². The summed E-state index contributed by atoms with van der Waals surface area (Å²) in [5.41, 5.74) is 0.495. The lowest BCUT2D eigenvalue weighted by atomic mass is 10.1. The molecule has 2 heterocycles. The van der Waals surface area contributed by atoms with Gasteiger partial charge in [0.25, 0.3) is 11.5 Å². The first-order chi connectivity index (χ1) is 13.5. The lowest BCUT2D eigenvalue weighted by molar-refractivity contribution is -0.117. The maximum Gasteiger partial charge on any atom is 0.267 e. The van der Waals surface area contributed by atoms with Crippen molar-refractivity contribution in [3.8, 4) is 0 Å². The number of amides is 2. The van der Waals surface area contributed by atoms with Gasteiger partial charge in [-0.2, -0.15) is 0 Å². The van der Waals surface area contributed by atoms with E-state index < -0.39 is 11.8 Å². The number of rotatable bonds is 7. The number of nitrogens with one attached hydrogen (secondary N) is 1. The third-order valence-electron chi connectivity index (χ3n) is 4.09. The molecular formula is C20H21N3O3S2. The van der Waals surface area contributed by atoms with Gasteiger partial charge in [0.15, 0.2) is 5.16 Å². The quantitative estimate of drug-likeness (QED) is 0.471. The molecule has 3 aromatic rings. The predicted molar refractivity (Wildman–Crippen MR) is 113 cm³/mol. The fourth-order valence-corrected chi connectivity index (χ4v) is 4.05. The van der Waals surface area contributed by atoms with Crippen molar-refractivity contribution in [2.45, 2.75) is 32.0 Å². The minimum atomic E-state index is -0.416. The number of nitrogens with zero attached hydrogens (tertiary/aromatic N) is 2. The van der Waals surface area contributed by atoms with Gasteiger partial charge in [0, 0.05) is 6.54 Å². The second-order valence-electron chi connectivity index (χ2n) is 6.69. The number of para-hydroxylation sites is 1. The lowest BCUT2D eigenvalue weighted by Gasteiger charge is -2.14. The number of carbonyl (C=O) groups excluding carboxylic acids is 2. The van der Waals surface area contributed by atoms with Crippen molar-refractivity contribution < 1.29 is 9.59 Å². The van der Waals surface area contributed by atoms with E-state index in [2.05, 4.69) is 24.1 Å². The fraction of sp³-hybridized carbons (Fsp3) is 0.300. The van der Waals surface area contributed by atoms with Crippen LogP contribution in [0.2, 0.25) is 0 Å². The normalized spacial score (nSPS) is 11.1. The number of benzene rings is 1. The molecule has 0 saturated heterocycles. The Kier molecular flexibility index (Phi) is 6.64. The Morgan fingerprint density at radius 1 is 1.21 bits per heavy atom. The Labute approximate surface area is 171 Å². The van der Waals surface area contributed by atoms with Gasteiger partial charge in [0.2, 0.25) is 5.91 Å². The molecule has 146 valence electrons. The highest BCUT2D eigenvalue weighted by molar-refractivity contribution is 7.99. The lowest BCUT2D eigenvalue weighted by Crippen LogP contribution is -2.31. The van der Waals surface area contributed by atoms with E-state index in [0.717, 1.165) is 6.42 Å². The molecule has 1 aromatic carbocycles. The Hall–Kier alpha value is -2.45. The molecule has 0 radical (unpaired) electrons. The number of thioether (sulfide) groups is 1. The van der Waals surface area contributed by atoms with Crippen molar-refractivity contribution in [2.24, 2.45) is 5.92 Å². The monoisotopic (exact) mass is 415 g/mol. The van der Waals surface area contributed by atoms with Gasteiger partial charge in [-0.05, 0) is 35.9 Å². The van der Waals surface area contributed by atoms with E-state index >= 15 is 0 Å². The van der Waals surface area contributed by atoms with Gasteiger partial charge in [-0.25, -0.2) is 4.98 Å². The van der Waals surface area contributed by atoms with Crippen LogP contribution in [0.15, 0.2) is 51.7 Å². The Bertz CT molecular complexity index is 1040. The number of thiophene rings is 1. The summed E-state index contributed by atoms with van der Waals surface area (Å²) in [4.78, 5) is 42.1. The third-order valence-corrected chi connectivity index (χ3v) is 5.93. The van der Waals surface area contributed by atoms with Crippen LogP contribution < -0.4 is 10.9 Å². The molecule has 28 heavy (non-hydrogen) atoms. The summed E-state index contributed by atoms with van der Waals surface area (Å²) in [6.07, 6.45) is 0.830. The zero-order chi connectivity index (χ0) is 20.1. The van der Waals surface area contributed by atoms with Gasteiger partial charge in [-0.1, -0.05) is 43.8 Å². The Morgan fingerprint density at radius 3 is 2.71 bits per heavy atom. The minimum Gasteiger partial charge on any atom is -0.291 e. The summed E-state index contributed by atoms with van der Waals surface area (Å²) in [7, 11) is 0. The van der Waals surface area contributed by atoms with E-state index in [4.69, 9.17) is 0 Å². The van der Waals surface area contributed by atoms with E-state index in [1.165, 1.54) is 23.1 Å². The molecule has 0 saturated carbocycles. The summed E-state index contributed by atoms with van der Waals surface area (Å²) in [6.45, 7) is 4.72. The summed E-state index contributed by atoms with van der Waals surface area (Å²) in [6, 6.07) is 10.6. The summed E-state index contributed by atoms with van der Waals surface area (Å²) < 4.78 is 1.63. The number of fused-ring (bicyclic) bond motifs is 1. The molecule has 0 bridgehead atoms. The van der Waals surface area contributed by atoms with Crippen molar-refractivity contribution in [3.05, 3.63) is 57.0 Å². The number of carbonyl (C=O) groups is 2. The van der Waals surface area contributed by atoms with Gasteiger partial charge >= 0.3 is 0 Å². The zero-order valence-electron chi connectivity index (χ0n) is 15.7. The van der Waals surface area contributed by atoms with E-state index in [9.17, 15) is 14.4 Å². The largest absolute Gasteiger partial charge is 0.291 e. The standard InChI is InChI=1S/C20H21N3O3S2/c1-13(2)9-10-23-19(26)14-6-3-4-7-15(14)21-20(23)28-12-17(24)22-18(25)16-8-5-11-27-16/h3-8,11,13H,9-10,12H2,1-2H3,(H,22,24,25).